The molecule has 0 amide bonds. The van der Waals surface area contributed by atoms with E-state index in [-0.39, 0.29) is 4.48 Å². The lowest BCUT2D eigenvalue weighted by Crippen LogP contribution is -2.67. The number of halogens is 1. The van der Waals surface area contributed by atoms with E-state index in [0.29, 0.717) is 23.8 Å². The highest BCUT2D eigenvalue weighted by Crippen LogP contribution is 2.34. The molecule has 0 bridgehead atoms. The minimum absolute atomic E-state index is 0.148. The number of hydrazone groups is 1. The van der Waals surface area contributed by atoms with E-state index in [9.17, 15) is 10.1 Å². The van der Waals surface area contributed by atoms with E-state index in [4.69, 9.17) is 11.6 Å². The van der Waals surface area contributed by atoms with Gasteiger partial charge in [0.25, 0.3) is 0 Å². The second-order valence-electron chi connectivity index (χ2n) is 6.08. The molecule has 1 saturated heterocycles. The van der Waals surface area contributed by atoms with Crippen molar-refractivity contribution in [1.29, 1.82) is 0 Å². The number of rotatable bonds is 4. The van der Waals surface area contributed by atoms with Crippen LogP contribution in [0.3, 0.4) is 0 Å². The summed E-state index contributed by atoms with van der Waals surface area (Å²) >= 11 is 7.30. The number of quaternary nitrogens is 1. The van der Waals surface area contributed by atoms with Gasteiger partial charge in [0.15, 0.2) is 9.50 Å². The summed E-state index contributed by atoms with van der Waals surface area (Å²) in [6.07, 6.45) is 1.66. The Bertz CT molecular complexity index is 798. The Kier molecular flexibility index (Phi) is 5.00. The van der Waals surface area contributed by atoms with E-state index in [1.807, 2.05) is 25.2 Å². The van der Waals surface area contributed by atoms with Crippen LogP contribution in [0.2, 0.25) is 4.47 Å². The second kappa shape index (κ2) is 7.04. The fraction of sp³-hybridized carbons (Fsp3) is 0.333. The van der Waals surface area contributed by atoms with Crippen LogP contribution in [0.25, 0.3) is 0 Å². The van der Waals surface area contributed by atoms with Crippen molar-refractivity contribution < 1.29 is 5.03 Å². The van der Waals surface area contributed by atoms with Crippen molar-refractivity contribution in [2.45, 2.75) is 6.54 Å². The Hall–Kier alpha value is -2.07. The summed E-state index contributed by atoms with van der Waals surface area (Å²) in [6.45, 7) is 1.81. The molecule has 1 aliphatic rings. The minimum Gasteiger partial charge on any atom is -0.296 e. The van der Waals surface area contributed by atoms with Crippen molar-refractivity contribution >= 4 is 33.9 Å². The summed E-state index contributed by atoms with van der Waals surface area (Å²) in [7, 11) is 3.69. The van der Waals surface area contributed by atoms with Crippen molar-refractivity contribution in [2.75, 3.05) is 27.4 Å². The molecule has 1 atom stereocenters. The van der Waals surface area contributed by atoms with Gasteiger partial charge in [-0.2, -0.15) is 0 Å². The first-order chi connectivity index (χ1) is 11.9. The fourth-order valence-electron chi connectivity index (χ4n) is 3.08. The molecule has 0 aliphatic carbocycles. The topological polar surface area (TPSA) is 74.9 Å². The predicted octanol–water partition coefficient (Wildman–Crippen LogP) is 2.64. The standard InChI is InChI=1S/C15H18ClN6O2S/c1-19-10-20(9-12-6-4-3-5-7-12)11-22(2,15(19)18-21(23)24)13-8-17-14(16)25-13/h3-8H,9-11H2,1-2H3/q+1. The number of hydrogen-bond acceptors (Lipinski definition) is 5. The molecule has 0 N–H and O–H groups in total. The maximum Gasteiger partial charge on any atom is 0.378 e. The second-order valence-corrected chi connectivity index (χ2v) is 7.67. The Balaban J connectivity index is 1.95. The van der Waals surface area contributed by atoms with E-state index in [2.05, 4.69) is 27.1 Å². The normalized spacial score (nSPS) is 23.2. The zero-order valence-electron chi connectivity index (χ0n) is 13.9. The zero-order valence-corrected chi connectivity index (χ0v) is 15.4. The average molecular weight is 382 g/mol. The van der Waals surface area contributed by atoms with Crippen LogP contribution in [0, 0.1) is 10.1 Å². The molecule has 25 heavy (non-hydrogen) atoms. The molecule has 132 valence electrons. The molecular weight excluding hydrogens is 364 g/mol. The van der Waals surface area contributed by atoms with E-state index < -0.39 is 5.03 Å². The van der Waals surface area contributed by atoms with Crippen LogP contribution in [0.15, 0.2) is 41.6 Å². The van der Waals surface area contributed by atoms with Crippen LogP contribution in [0.5, 0.6) is 0 Å². The highest BCUT2D eigenvalue weighted by Gasteiger charge is 2.45. The van der Waals surface area contributed by atoms with Crippen molar-refractivity contribution in [3.63, 3.8) is 0 Å². The van der Waals surface area contributed by atoms with Gasteiger partial charge in [0.1, 0.15) is 18.0 Å². The average Bonchev–Trinajstić information content (AvgIpc) is 2.99. The Morgan fingerprint density at radius 1 is 1.44 bits per heavy atom. The third-order valence-electron chi connectivity index (χ3n) is 4.05. The van der Waals surface area contributed by atoms with Crippen molar-refractivity contribution in [3.8, 4) is 0 Å². The van der Waals surface area contributed by atoms with Crippen molar-refractivity contribution in [2.24, 2.45) is 5.10 Å². The van der Waals surface area contributed by atoms with Crippen LogP contribution in [-0.2, 0) is 6.54 Å². The molecule has 0 spiro atoms. The fourth-order valence-corrected chi connectivity index (χ4v) is 4.09. The molecule has 3 rings (SSSR count). The molecule has 0 saturated carbocycles. The summed E-state index contributed by atoms with van der Waals surface area (Å²) < 4.78 is 0.548. The van der Waals surface area contributed by atoms with Gasteiger partial charge in [0.2, 0.25) is 5.00 Å². The SMILES string of the molecule is CN1CN(Cc2ccccc2)C[N+](C)(c2cnc(Cl)s2)C1=N[N+](=O)[O-]. The van der Waals surface area contributed by atoms with Crippen molar-refractivity contribution in [1.82, 2.24) is 19.3 Å². The predicted molar refractivity (Wildman–Crippen MR) is 98.8 cm³/mol. The van der Waals surface area contributed by atoms with Crippen LogP contribution < -0.4 is 4.48 Å². The van der Waals surface area contributed by atoms with Gasteiger partial charge in [0.05, 0.1) is 13.7 Å². The summed E-state index contributed by atoms with van der Waals surface area (Å²) in [5, 5.41) is 14.8. The van der Waals surface area contributed by atoms with Gasteiger partial charge in [-0.1, -0.05) is 41.9 Å². The summed E-state index contributed by atoms with van der Waals surface area (Å²) in [5.74, 6) is 0.356. The molecule has 0 radical (unpaired) electrons. The van der Waals surface area contributed by atoms with Crippen LogP contribution in [0.1, 0.15) is 5.56 Å². The van der Waals surface area contributed by atoms with E-state index in [0.717, 1.165) is 11.5 Å². The molecule has 10 heteroatoms. The highest BCUT2D eigenvalue weighted by atomic mass is 35.5. The first kappa shape index (κ1) is 17.7. The first-order valence-electron chi connectivity index (χ1n) is 7.57. The molecule has 1 aromatic carbocycles. The molecule has 1 fully saturated rings. The van der Waals surface area contributed by atoms with Gasteiger partial charge in [-0.05, 0) is 16.9 Å². The maximum atomic E-state index is 11.0. The molecule has 1 unspecified atom stereocenters. The summed E-state index contributed by atoms with van der Waals surface area (Å²) in [4.78, 5) is 19.1. The van der Waals surface area contributed by atoms with Gasteiger partial charge in [0, 0.05) is 13.6 Å². The summed E-state index contributed by atoms with van der Waals surface area (Å²) in [6, 6.07) is 10.1. The number of thiazole rings is 1. The van der Waals surface area contributed by atoms with E-state index in [1.165, 1.54) is 16.9 Å². The van der Waals surface area contributed by atoms with Crippen LogP contribution in [0.4, 0.5) is 5.00 Å². The Morgan fingerprint density at radius 3 is 2.76 bits per heavy atom. The quantitative estimate of drug-likeness (QED) is 0.462. The van der Waals surface area contributed by atoms with Gasteiger partial charge < -0.3 is 0 Å². The number of benzene rings is 1. The lowest BCUT2D eigenvalue weighted by atomic mass is 10.2. The van der Waals surface area contributed by atoms with Gasteiger partial charge in [-0.25, -0.2) is 24.5 Å². The third-order valence-corrected chi connectivity index (χ3v) is 5.37. The lowest BCUT2D eigenvalue weighted by Gasteiger charge is -2.44. The van der Waals surface area contributed by atoms with Gasteiger partial charge >= 0.3 is 5.96 Å². The molecule has 1 aliphatic heterocycles. The smallest absolute Gasteiger partial charge is 0.296 e. The molecule has 2 heterocycles. The molecule has 2 aromatic rings. The Morgan fingerprint density at radius 2 is 2.16 bits per heavy atom. The van der Waals surface area contributed by atoms with Crippen LogP contribution in [-0.4, -0.2) is 53.2 Å². The molecule has 8 nitrogen and oxygen atoms in total. The first-order valence-corrected chi connectivity index (χ1v) is 8.76. The Labute approximate surface area is 154 Å². The van der Waals surface area contributed by atoms with E-state index in [1.54, 1.807) is 18.1 Å². The van der Waals surface area contributed by atoms with Gasteiger partial charge in [-0.15, -0.1) is 0 Å². The molecular formula is C15H18ClN6O2S+. The molecule has 1 aromatic heterocycles. The number of nitro groups is 1. The number of aromatic nitrogens is 1. The minimum atomic E-state index is -0.655. The number of hydrogen-bond donors (Lipinski definition) is 0. The van der Waals surface area contributed by atoms with Gasteiger partial charge in [-0.3, -0.25) is 4.90 Å². The monoisotopic (exact) mass is 381 g/mol. The number of nitrogens with zero attached hydrogens (tertiary/aromatic N) is 6. The lowest BCUT2D eigenvalue weighted by molar-refractivity contribution is -0.486. The van der Waals surface area contributed by atoms with Crippen LogP contribution >= 0.6 is 22.9 Å². The number of guanidine groups is 1. The largest absolute Gasteiger partial charge is 0.378 e. The summed E-state index contributed by atoms with van der Waals surface area (Å²) in [5.41, 5.74) is 1.18. The zero-order chi connectivity index (χ0) is 18.0. The maximum absolute atomic E-state index is 11.0. The third kappa shape index (κ3) is 3.79. The van der Waals surface area contributed by atoms with Crippen molar-refractivity contribution in [3.05, 3.63) is 56.7 Å². The van der Waals surface area contributed by atoms with E-state index >= 15 is 0 Å². The highest BCUT2D eigenvalue weighted by molar-refractivity contribution is 7.19.